The van der Waals surface area contributed by atoms with Crippen LogP contribution in [0, 0.1) is 17.3 Å². The van der Waals surface area contributed by atoms with Crippen molar-refractivity contribution >= 4 is 6.29 Å². The highest BCUT2D eigenvalue weighted by Gasteiger charge is 2.06. The highest BCUT2D eigenvalue weighted by molar-refractivity contribution is 5.78. The third-order valence-corrected chi connectivity index (χ3v) is 1.18. The molecule has 0 aliphatic rings. The summed E-state index contributed by atoms with van der Waals surface area (Å²) < 4.78 is 12.5. The molecule has 0 N–H and O–H groups in total. The standard InChI is InChI=1S/C7H3FN2O/c8-7-6(3-9)5(4-11)1-2-10-7/h1-2,4H. The maximum absolute atomic E-state index is 12.5. The molecule has 0 fully saturated rings. The maximum Gasteiger partial charge on any atom is 0.231 e. The van der Waals surface area contributed by atoms with Crippen LogP contribution in [0.4, 0.5) is 4.39 Å². The van der Waals surface area contributed by atoms with E-state index in [1.165, 1.54) is 6.07 Å². The lowest BCUT2D eigenvalue weighted by Crippen LogP contribution is -1.94. The molecular weight excluding hydrogens is 147 g/mol. The van der Waals surface area contributed by atoms with Crippen LogP contribution in [-0.2, 0) is 0 Å². The molecule has 0 saturated heterocycles. The molecule has 0 spiro atoms. The summed E-state index contributed by atoms with van der Waals surface area (Å²) in [7, 11) is 0. The molecule has 1 aromatic heterocycles. The summed E-state index contributed by atoms with van der Waals surface area (Å²) in [5, 5.41) is 8.34. The molecule has 11 heavy (non-hydrogen) atoms. The molecular formula is C7H3FN2O. The molecule has 1 heterocycles. The summed E-state index contributed by atoms with van der Waals surface area (Å²) in [6.45, 7) is 0. The number of rotatable bonds is 1. The van der Waals surface area contributed by atoms with Gasteiger partial charge in [-0.05, 0) is 6.07 Å². The number of hydrogen-bond acceptors (Lipinski definition) is 3. The number of nitrogens with zero attached hydrogens (tertiary/aromatic N) is 2. The number of nitriles is 1. The van der Waals surface area contributed by atoms with E-state index in [0.29, 0.717) is 6.29 Å². The third kappa shape index (κ3) is 1.22. The highest BCUT2D eigenvalue weighted by Crippen LogP contribution is 2.06. The number of aldehydes is 1. The Balaban J connectivity index is 3.38. The first kappa shape index (κ1) is 7.35. The van der Waals surface area contributed by atoms with Crippen LogP contribution in [-0.4, -0.2) is 11.3 Å². The van der Waals surface area contributed by atoms with Gasteiger partial charge in [-0.3, -0.25) is 4.79 Å². The molecule has 1 rings (SSSR count). The molecule has 0 aliphatic carbocycles. The second-order valence-corrected chi connectivity index (χ2v) is 1.80. The monoisotopic (exact) mass is 150 g/mol. The number of carbonyl (C=O) groups is 1. The number of aromatic nitrogens is 1. The zero-order valence-corrected chi connectivity index (χ0v) is 5.41. The smallest absolute Gasteiger partial charge is 0.231 e. The second kappa shape index (κ2) is 2.88. The van der Waals surface area contributed by atoms with E-state index in [-0.39, 0.29) is 11.1 Å². The van der Waals surface area contributed by atoms with Gasteiger partial charge in [0.15, 0.2) is 6.29 Å². The van der Waals surface area contributed by atoms with Gasteiger partial charge in [0.2, 0.25) is 5.95 Å². The Morgan fingerprint density at radius 1 is 1.73 bits per heavy atom. The van der Waals surface area contributed by atoms with Crippen molar-refractivity contribution in [1.82, 2.24) is 4.98 Å². The molecule has 4 heteroatoms. The summed E-state index contributed by atoms with van der Waals surface area (Å²) in [4.78, 5) is 13.4. The van der Waals surface area contributed by atoms with E-state index < -0.39 is 5.95 Å². The molecule has 1 aromatic rings. The molecule has 0 atom stereocenters. The van der Waals surface area contributed by atoms with Gasteiger partial charge in [0.1, 0.15) is 11.6 Å². The Hall–Kier alpha value is -1.76. The summed E-state index contributed by atoms with van der Waals surface area (Å²) in [5.41, 5.74) is -0.275. The third-order valence-electron chi connectivity index (χ3n) is 1.18. The van der Waals surface area contributed by atoms with E-state index in [1.54, 1.807) is 6.07 Å². The highest BCUT2D eigenvalue weighted by atomic mass is 19.1. The van der Waals surface area contributed by atoms with Crippen molar-refractivity contribution in [3.63, 3.8) is 0 Å². The molecule has 0 amide bonds. The Morgan fingerprint density at radius 3 is 2.91 bits per heavy atom. The first-order valence-corrected chi connectivity index (χ1v) is 2.79. The van der Waals surface area contributed by atoms with Crippen LogP contribution < -0.4 is 0 Å². The maximum atomic E-state index is 12.5. The molecule has 0 aliphatic heterocycles. The van der Waals surface area contributed by atoms with Crippen molar-refractivity contribution in [3.8, 4) is 6.07 Å². The topological polar surface area (TPSA) is 53.8 Å². The molecule has 0 radical (unpaired) electrons. The predicted molar refractivity (Wildman–Crippen MR) is 34.3 cm³/mol. The Morgan fingerprint density at radius 2 is 2.45 bits per heavy atom. The SMILES string of the molecule is N#Cc1c(C=O)ccnc1F. The van der Waals surface area contributed by atoms with Crippen LogP contribution >= 0.6 is 0 Å². The van der Waals surface area contributed by atoms with E-state index in [2.05, 4.69) is 4.98 Å². The summed E-state index contributed by atoms with van der Waals surface area (Å²) in [6, 6.07) is 2.83. The van der Waals surface area contributed by atoms with E-state index in [1.807, 2.05) is 0 Å². The van der Waals surface area contributed by atoms with Gasteiger partial charge >= 0.3 is 0 Å². The van der Waals surface area contributed by atoms with Gasteiger partial charge in [0.05, 0.1) is 0 Å². The first-order chi connectivity index (χ1) is 5.29. The molecule has 0 aromatic carbocycles. The van der Waals surface area contributed by atoms with Gasteiger partial charge in [-0.25, -0.2) is 4.98 Å². The van der Waals surface area contributed by atoms with Gasteiger partial charge in [-0.15, -0.1) is 0 Å². The average Bonchev–Trinajstić information content (AvgIpc) is 2.04. The Labute approximate surface area is 62.1 Å². The predicted octanol–water partition coefficient (Wildman–Crippen LogP) is 0.905. The molecule has 54 valence electrons. The van der Waals surface area contributed by atoms with Crippen molar-refractivity contribution in [3.05, 3.63) is 29.3 Å². The van der Waals surface area contributed by atoms with E-state index in [0.717, 1.165) is 6.20 Å². The van der Waals surface area contributed by atoms with Gasteiger partial charge < -0.3 is 0 Å². The van der Waals surface area contributed by atoms with Gasteiger partial charge in [-0.1, -0.05) is 0 Å². The molecule has 0 unspecified atom stereocenters. The zero-order valence-electron chi connectivity index (χ0n) is 5.41. The van der Waals surface area contributed by atoms with Crippen molar-refractivity contribution < 1.29 is 9.18 Å². The van der Waals surface area contributed by atoms with E-state index in [9.17, 15) is 9.18 Å². The van der Waals surface area contributed by atoms with Crippen molar-refractivity contribution in [2.24, 2.45) is 0 Å². The normalized spacial score (nSPS) is 8.73. The van der Waals surface area contributed by atoms with Crippen LogP contribution in [0.25, 0.3) is 0 Å². The minimum absolute atomic E-state index is 0.0278. The largest absolute Gasteiger partial charge is 0.298 e. The van der Waals surface area contributed by atoms with Crippen LogP contribution in [0.15, 0.2) is 12.3 Å². The fourth-order valence-electron chi connectivity index (χ4n) is 0.659. The molecule has 0 saturated carbocycles. The lowest BCUT2D eigenvalue weighted by molar-refractivity contribution is 0.112. The first-order valence-electron chi connectivity index (χ1n) is 2.79. The number of carbonyl (C=O) groups excluding carboxylic acids is 1. The van der Waals surface area contributed by atoms with E-state index in [4.69, 9.17) is 5.26 Å². The van der Waals surface area contributed by atoms with E-state index >= 15 is 0 Å². The lowest BCUT2D eigenvalue weighted by Gasteiger charge is -1.93. The van der Waals surface area contributed by atoms with Crippen LogP contribution in [0.1, 0.15) is 15.9 Å². The number of pyridine rings is 1. The van der Waals surface area contributed by atoms with Crippen molar-refractivity contribution in [1.29, 1.82) is 5.26 Å². The van der Waals surface area contributed by atoms with Crippen LogP contribution in [0.5, 0.6) is 0 Å². The minimum Gasteiger partial charge on any atom is -0.298 e. The summed E-state index contributed by atoms with van der Waals surface area (Å²) in [6.07, 6.45) is 1.56. The van der Waals surface area contributed by atoms with Crippen molar-refractivity contribution in [2.75, 3.05) is 0 Å². The quantitative estimate of drug-likeness (QED) is 0.441. The number of halogens is 1. The Kier molecular flexibility index (Phi) is 1.93. The minimum atomic E-state index is -0.905. The summed E-state index contributed by atoms with van der Waals surface area (Å²) >= 11 is 0. The lowest BCUT2D eigenvalue weighted by atomic mass is 10.2. The molecule has 3 nitrogen and oxygen atoms in total. The fourth-order valence-corrected chi connectivity index (χ4v) is 0.659. The van der Waals surface area contributed by atoms with Gasteiger partial charge in [0, 0.05) is 11.8 Å². The fraction of sp³-hybridized carbons (Fsp3) is 0. The number of hydrogen-bond donors (Lipinski definition) is 0. The van der Waals surface area contributed by atoms with Crippen LogP contribution in [0.3, 0.4) is 0 Å². The summed E-state index contributed by atoms with van der Waals surface area (Å²) in [5.74, 6) is -0.905. The van der Waals surface area contributed by atoms with Gasteiger partial charge in [0.25, 0.3) is 0 Å². The Bertz CT molecular complexity index is 330. The van der Waals surface area contributed by atoms with Crippen molar-refractivity contribution in [2.45, 2.75) is 0 Å². The van der Waals surface area contributed by atoms with Gasteiger partial charge in [-0.2, -0.15) is 9.65 Å². The molecule has 0 bridgehead atoms. The average molecular weight is 150 g/mol. The second-order valence-electron chi connectivity index (χ2n) is 1.80. The zero-order chi connectivity index (χ0) is 8.27. The van der Waals surface area contributed by atoms with Crippen LogP contribution in [0.2, 0.25) is 0 Å².